The lowest BCUT2D eigenvalue weighted by Gasteiger charge is -2.30. The van der Waals surface area contributed by atoms with E-state index in [0.29, 0.717) is 0 Å². The molecule has 2 aliphatic carbocycles. The SMILES string of the molecule is CC1(C)c2ccccc2-c2cc(N(c3ccc(-c4ccc5c(c4)oc4ccccc45)cc3)c3cccc4c3-c3ccccc3C4(C)C)ccc21. The minimum Gasteiger partial charge on any atom is -0.456 e. The zero-order valence-electron chi connectivity index (χ0n) is 28.8. The van der Waals surface area contributed by atoms with Crippen LogP contribution in [0, 0.1) is 0 Å². The molecule has 8 aromatic rings. The van der Waals surface area contributed by atoms with Crippen molar-refractivity contribution < 1.29 is 4.42 Å². The van der Waals surface area contributed by atoms with Gasteiger partial charge in [-0.25, -0.2) is 0 Å². The van der Waals surface area contributed by atoms with E-state index in [9.17, 15) is 0 Å². The molecule has 0 N–H and O–H groups in total. The fourth-order valence-corrected chi connectivity index (χ4v) is 8.90. The van der Waals surface area contributed by atoms with E-state index in [4.69, 9.17) is 4.42 Å². The van der Waals surface area contributed by atoms with Crippen LogP contribution >= 0.6 is 0 Å². The molecule has 0 saturated heterocycles. The first kappa shape index (κ1) is 29.1. The van der Waals surface area contributed by atoms with Crippen molar-refractivity contribution in [2.45, 2.75) is 38.5 Å². The Morgan fingerprint density at radius 2 is 1.02 bits per heavy atom. The normalized spacial score (nSPS) is 14.7. The highest BCUT2D eigenvalue weighted by atomic mass is 16.3. The number of hydrogen-bond acceptors (Lipinski definition) is 2. The molecule has 2 nitrogen and oxygen atoms in total. The Bertz CT molecular complexity index is 2650. The molecule has 0 amide bonds. The van der Waals surface area contributed by atoms with Gasteiger partial charge in [0.1, 0.15) is 11.2 Å². The van der Waals surface area contributed by atoms with Crippen LogP contribution in [0.3, 0.4) is 0 Å². The summed E-state index contributed by atoms with van der Waals surface area (Å²) < 4.78 is 6.25. The number of rotatable bonds is 4. The Morgan fingerprint density at radius 1 is 0.420 bits per heavy atom. The monoisotopic (exact) mass is 643 g/mol. The number of nitrogens with zero attached hydrogens (tertiary/aromatic N) is 1. The molecule has 2 aliphatic rings. The fraction of sp³-hybridized carbons (Fsp3) is 0.125. The van der Waals surface area contributed by atoms with Crippen LogP contribution in [0.4, 0.5) is 17.1 Å². The largest absolute Gasteiger partial charge is 0.456 e. The van der Waals surface area contributed by atoms with E-state index in [2.05, 4.69) is 172 Å². The molecular formula is C48H37NO. The smallest absolute Gasteiger partial charge is 0.136 e. The van der Waals surface area contributed by atoms with Crippen molar-refractivity contribution in [2.75, 3.05) is 4.90 Å². The third-order valence-electron chi connectivity index (χ3n) is 11.5. The summed E-state index contributed by atoms with van der Waals surface area (Å²) in [6, 6.07) is 55.6. The Balaban J connectivity index is 1.15. The van der Waals surface area contributed by atoms with E-state index in [-0.39, 0.29) is 10.8 Å². The maximum absolute atomic E-state index is 6.25. The molecule has 1 aromatic heterocycles. The van der Waals surface area contributed by atoms with Crippen LogP contribution in [0.2, 0.25) is 0 Å². The van der Waals surface area contributed by atoms with E-state index in [1.54, 1.807) is 0 Å². The molecule has 0 atom stereocenters. The summed E-state index contributed by atoms with van der Waals surface area (Å²) in [5.41, 5.74) is 18.3. The second-order valence-electron chi connectivity index (χ2n) is 15.0. The molecule has 0 aliphatic heterocycles. The van der Waals surface area contributed by atoms with Crippen molar-refractivity contribution in [3.8, 4) is 33.4 Å². The van der Waals surface area contributed by atoms with Gasteiger partial charge in [-0.1, -0.05) is 131 Å². The van der Waals surface area contributed by atoms with Crippen LogP contribution in [0.5, 0.6) is 0 Å². The van der Waals surface area contributed by atoms with Gasteiger partial charge in [0.15, 0.2) is 0 Å². The van der Waals surface area contributed by atoms with Crippen LogP contribution in [0.25, 0.3) is 55.3 Å². The van der Waals surface area contributed by atoms with Gasteiger partial charge in [-0.2, -0.15) is 0 Å². The molecular weight excluding hydrogens is 607 g/mol. The molecule has 1 heterocycles. The van der Waals surface area contributed by atoms with Crippen molar-refractivity contribution in [2.24, 2.45) is 0 Å². The van der Waals surface area contributed by atoms with E-state index in [1.807, 2.05) is 12.1 Å². The van der Waals surface area contributed by atoms with Gasteiger partial charge < -0.3 is 9.32 Å². The molecule has 0 spiro atoms. The number of fused-ring (bicyclic) bond motifs is 9. The van der Waals surface area contributed by atoms with E-state index in [0.717, 1.165) is 44.4 Å². The summed E-state index contributed by atoms with van der Waals surface area (Å²) in [6.07, 6.45) is 0. The predicted molar refractivity (Wildman–Crippen MR) is 209 cm³/mol. The highest BCUT2D eigenvalue weighted by molar-refractivity contribution is 6.06. The number of hydrogen-bond donors (Lipinski definition) is 0. The second kappa shape index (κ2) is 10.3. The van der Waals surface area contributed by atoms with E-state index in [1.165, 1.54) is 50.2 Å². The summed E-state index contributed by atoms with van der Waals surface area (Å²) in [7, 11) is 0. The molecule has 7 aromatic carbocycles. The van der Waals surface area contributed by atoms with Crippen molar-refractivity contribution in [3.63, 3.8) is 0 Å². The van der Waals surface area contributed by atoms with Gasteiger partial charge in [-0.05, 0) is 98.6 Å². The quantitative estimate of drug-likeness (QED) is 0.190. The predicted octanol–water partition coefficient (Wildman–Crippen LogP) is 13.3. The topological polar surface area (TPSA) is 16.4 Å². The first-order valence-electron chi connectivity index (χ1n) is 17.6. The summed E-state index contributed by atoms with van der Waals surface area (Å²) in [5.74, 6) is 0. The summed E-state index contributed by atoms with van der Waals surface area (Å²) in [4.78, 5) is 2.47. The van der Waals surface area contributed by atoms with Crippen molar-refractivity contribution in [1.29, 1.82) is 0 Å². The Kier molecular flexibility index (Phi) is 6.01. The standard InChI is InChI=1S/C48H37NO/c1-47(2)39-15-8-5-12-34(39)38-29-33(25-27-41(38)47)49(43-18-11-17-42-46(43)37-14-6-9-16-40(37)48(42,3)4)32-23-20-30(21-24-32)31-22-26-36-35-13-7-10-19-44(35)50-45(36)28-31/h5-29H,1-4H3. The van der Waals surface area contributed by atoms with Crippen molar-refractivity contribution >= 4 is 39.0 Å². The second-order valence-corrected chi connectivity index (χ2v) is 15.0. The Morgan fingerprint density at radius 3 is 1.84 bits per heavy atom. The zero-order valence-corrected chi connectivity index (χ0v) is 28.8. The first-order chi connectivity index (χ1) is 24.3. The molecule has 10 rings (SSSR count). The maximum atomic E-state index is 6.25. The molecule has 0 saturated carbocycles. The Hall–Kier alpha value is -5.86. The van der Waals surface area contributed by atoms with Gasteiger partial charge in [0.05, 0.1) is 5.69 Å². The summed E-state index contributed by atoms with van der Waals surface area (Å²) >= 11 is 0. The van der Waals surface area contributed by atoms with Crippen molar-refractivity contribution in [3.05, 3.63) is 174 Å². The van der Waals surface area contributed by atoms with Crippen LogP contribution in [0.15, 0.2) is 156 Å². The third-order valence-corrected chi connectivity index (χ3v) is 11.5. The number of furan rings is 1. The lowest BCUT2D eigenvalue weighted by atomic mass is 9.82. The number of benzene rings is 7. The zero-order chi connectivity index (χ0) is 33.8. The van der Waals surface area contributed by atoms with Crippen LogP contribution in [-0.2, 0) is 10.8 Å². The minimum absolute atomic E-state index is 0.0468. The molecule has 0 fully saturated rings. The highest BCUT2D eigenvalue weighted by Gasteiger charge is 2.39. The van der Waals surface area contributed by atoms with Gasteiger partial charge >= 0.3 is 0 Å². The average molecular weight is 644 g/mol. The summed E-state index contributed by atoms with van der Waals surface area (Å²) in [5, 5.41) is 2.30. The molecule has 0 radical (unpaired) electrons. The van der Waals surface area contributed by atoms with Crippen LogP contribution < -0.4 is 4.90 Å². The van der Waals surface area contributed by atoms with Gasteiger partial charge in [-0.15, -0.1) is 0 Å². The molecule has 2 heteroatoms. The third kappa shape index (κ3) is 4.02. The molecule has 0 unspecified atom stereocenters. The highest BCUT2D eigenvalue weighted by Crippen LogP contribution is 2.55. The first-order valence-corrected chi connectivity index (χ1v) is 17.6. The van der Waals surface area contributed by atoms with Crippen molar-refractivity contribution in [1.82, 2.24) is 0 Å². The van der Waals surface area contributed by atoms with Gasteiger partial charge in [0.25, 0.3) is 0 Å². The number of anilines is 3. The minimum atomic E-state index is -0.0896. The fourth-order valence-electron chi connectivity index (χ4n) is 8.90. The summed E-state index contributed by atoms with van der Waals surface area (Å²) in [6.45, 7) is 9.40. The average Bonchev–Trinajstić information content (AvgIpc) is 3.72. The lowest BCUT2D eigenvalue weighted by molar-refractivity contribution is 0.660. The molecule has 50 heavy (non-hydrogen) atoms. The maximum Gasteiger partial charge on any atom is 0.136 e. The molecule has 0 bridgehead atoms. The van der Waals surface area contributed by atoms with Gasteiger partial charge in [0, 0.05) is 38.5 Å². The van der Waals surface area contributed by atoms with E-state index < -0.39 is 0 Å². The number of para-hydroxylation sites is 1. The molecule has 240 valence electrons. The van der Waals surface area contributed by atoms with Crippen LogP contribution in [-0.4, -0.2) is 0 Å². The van der Waals surface area contributed by atoms with Gasteiger partial charge in [-0.3, -0.25) is 0 Å². The van der Waals surface area contributed by atoms with Crippen LogP contribution in [0.1, 0.15) is 49.9 Å². The van der Waals surface area contributed by atoms with Gasteiger partial charge in [0.2, 0.25) is 0 Å². The van der Waals surface area contributed by atoms with E-state index >= 15 is 0 Å². The Labute approximate surface area is 293 Å². The lowest BCUT2D eigenvalue weighted by Crippen LogP contribution is -2.16.